The molecular formula is C9H19N5O. The first-order valence-electron chi connectivity index (χ1n) is 5.21. The first-order chi connectivity index (χ1) is 7.11. The summed E-state index contributed by atoms with van der Waals surface area (Å²) < 4.78 is 0. The molecule has 86 valence electrons. The lowest BCUT2D eigenvalue weighted by molar-refractivity contribution is -0.133. The summed E-state index contributed by atoms with van der Waals surface area (Å²) in [5.74, 6) is -0.0865. The van der Waals surface area contributed by atoms with Crippen molar-refractivity contribution in [2.75, 3.05) is 19.6 Å². The molecule has 0 radical (unpaired) electrons. The number of aliphatic imine (C=N–C) groups is 1. The number of carbonyl (C=O) groups is 1. The molecule has 1 saturated heterocycles. The molecule has 0 saturated carbocycles. The van der Waals surface area contributed by atoms with Crippen molar-refractivity contribution in [3.63, 3.8) is 0 Å². The summed E-state index contributed by atoms with van der Waals surface area (Å²) >= 11 is 0. The van der Waals surface area contributed by atoms with Crippen molar-refractivity contribution in [2.45, 2.75) is 25.3 Å². The fourth-order valence-electron chi connectivity index (χ4n) is 1.63. The minimum absolute atomic E-state index is 0.0307. The zero-order chi connectivity index (χ0) is 11.3. The summed E-state index contributed by atoms with van der Waals surface area (Å²) in [6.45, 7) is 1.76. The number of hydrogen-bond donors (Lipinski definition) is 3. The second-order valence-corrected chi connectivity index (χ2v) is 3.76. The van der Waals surface area contributed by atoms with Crippen LogP contribution in [0.15, 0.2) is 4.99 Å². The Morgan fingerprint density at radius 1 is 1.27 bits per heavy atom. The molecule has 1 fully saturated rings. The average Bonchev–Trinajstić information content (AvgIpc) is 2.26. The summed E-state index contributed by atoms with van der Waals surface area (Å²) in [5.41, 5.74) is 16.0. The van der Waals surface area contributed by atoms with Crippen molar-refractivity contribution in [1.29, 1.82) is 0 Å². The van der Waals surface area contributed by atoms with Gasteiger partial charge in [-0.2, -0.15) is 0 Å². The Labute approximate surface area is 89.5 Å². The summed E-state index contributed by atoms with van der Waals surface area (Å²) in [5, 5.41) is 0. The monoisotopic (exact) mass is 213 g/mol. The van der Waals surface area contributed by atoms with Crippen LogP contribution in [0.5, 0.6) is 0 Å². The van der Waals surface area contributed by atoms with Crippen LogP contribution in [-0.4, -0.2) is 42.4 Å². The van der Waals surface area contributed by atoms with E-state index in [0.717, 1.165) is 25.9 Å². The minimum atomic E-state index is -0.620. The highest BCUT2D eigenvalue weighted by atomic mass is 16.2. The Bertz CT molecular complexity index is 243. The number of carbonyl (C=O) groups excluding carboxylic acids is 1. The summed E-state index contributed by atoms with van der Waals surface area (Å²) in [6, 6.07) is -0.620. The van der Waals surface area contributed by atoms with Crippen molar-refractivity contribution in [1.82, 2.24) is 4.90 Å². The highest BCUT2D eigenvalue weighted by Gasteiger charge is 2.21. The van der Waals surface area contributed by atoms with Crippen LogP contribution in [0.3, 0.4) is 0 Å². The standard InChI is InChI=1S/C9H19N5O/c10-7(6-13-9(11)12)8(15)14-4-2-1-3-5-14/h7H,1-6,10H2,(H4,11,12,13). The molecule has 0 bridgehead atoms. The Morgan fingerprint density at radius 2 is 1.87 bits per heavy atom. The minimum Gasteiger partial charge on any atom is -0.370 e. The second kappa shape index (κ2) is 5.55. The maximum absolute atomic E-state index is 11.8. The van der Waals surface area contributed by atoms with Gasteiger partial charge in [0.15, 0.2) is 5.96 Å². The van der Waals surface area contributed by atoms with Crippen LogP contribution in [0, 0.1) is 0 Å². The summed E-state index contributed by atoms with van der Waals surface area (Å²) in [6.07, 6.45) is 3.30. The SMILES string of the molecule is NC(N)=NCC(N)C(=O)N1CCCCC1. The number of nitrogens with two attached hydrogens (primary N) is 3. The van der Waals surface area contributed by atoms with Crippen LogP contribution >= 0.6 is 0 Å². The van der Waals surface area contributed by atoms with Gasteiger partial charge in [0.2, 0.25) is 5.91 Å². The molecule has 1 unspecified atom stereocenters. The maximum Gasteiger partial charge on any atom is 0.241 e. The molecule has 1 heterocycles. The maximum atomic E-state index is 11.8. The van der Waals surface area contributed by atoms with E-state index in [4.69, 9.17) is 17.2 Å². The fraction of sp³-hybridized carbons (Fsp3) is 0.778. The van der Waals surface area contributed by atoms with Crippen LogP contribution in [-0.2, 0) is 4.79 Å². The molecule has 0 aliphatic carbocycles. The molecule has 0 spiro atoms. The topological polar surface area (TPSA) is 111 Å². The van der Waals surface area contributed by atoms with E-state index in [2.05, 4.69) is 4.99 Å². The zero-order valence-corrected chi connectivity index (χ0v) is 8.85. The third kappa shape index (κ3) is 3.75. The quantitative estimate of drug-likeness (QED) is 0.395. The van der Waals surface area contributed by atoms with Gasteiger partial charge in [0.1, 0.15) is 6.04 Å². The molecule has 6 heteroatoms. The van der Waals surface area contributed by atoms with Gasteiger partial charge in [0.05, 0.1) is 6.54 Å². The summed E-state index contributed by atoms with van der Waals surface area (Å²) in [4.78, 5) is 17.3. The molecule has 1 rings (SSSR count). The lowest BCUT2D eigenvalue weighted by Crippen LogP contribution is -2.47. The highest BCUT2D eigenvalue weighted by Crippen LogP contribution is 2.09. The van der Waals surface area contributed by atoms with E-state index in [1.807, 2.05) is 0 Å². The van der Waals surface area contributed by atoms with E-state index in [0.29, 0.717) is 0 Å². The number of amides is 1. The van der Waals surface area contributed by atoms with Gasteiger partial charge in [0.25, 0.3) is 0 Å². The van der Waals surface area contributed by atoms with E-state index >= 15 is 0 Å². The first-order valence-corrected chi connectivity index (χ1v) is 5.21. The van der Waals surface area contributed by atoms with Crippen LogP contribution in [0.1, 0.15) is 19.3 Å². The first kappa shape index (κ1) is 11.8. The second-order valence-electron chi connectivity index (χ2n) is 3.76. The number of rotatable bonds is 3. The Morgan fingerprint density at radius 3 is 2.40 bits per heavy atom. The van der Waals surface area contributed by atoms with Crippen LogP contribution in [0.4, 0.5) is 0 Å². The van der Waals surface area contributed by atoms with Gasteiger partial charge in [-0.25, -0.2) is 0 Å². The molecule has 1 aliphatic rings. The van der Waals surface area contributed by atoms with Crippen molar-refractivity contribution in [3.05, 3.63) is 0 Å². The molecule has 1 atom stereocenters. The van der Waals surface area contributed by atoms with Crippen LogP contribution in [0.25, 0.3) is 0 Å². The van der Waals surface area contributed by atoms with Gasteiger partial charge in [-0.15, -0.1) is 0 Å². The van der Waals surface area contributed by atoms with Gasteiger partial charge >= 0.3 is 0 Å². The Kier molecular flexibility index (Phi) is 4.36. The average molecular weight is 213 g/mol. The summed E-state index contributed by atoms with van der Waals surface area (Å²) in [7, 11) is 0. The van der Waals surface area contributed by atoms with Gasteiger partial charge in [-0.3, -0.25) is 9.79 Å². The molecule has 0 aromatic rings. The lowest BCUT2D eigenvalue weighted by Gasteiger charge is -2.28. The molecular weight excluding hydrogens is 194 g/mol. The van der Waals surface area contributed by atoms with Crippen molar-refractivity contribution >= 4 is 11.9 Å². The molecule has 1 amide bonds. The van der Waals surface area contributed by atoms with Gasteiger partial charge in [-0.05, 0) is 19.3 Å². The van der Waals surface area contributed by atoms with Crippen molar-refractivity contribution in [3.8, 4) is 0 Å². The largest absolute Gasteiger partial charge is 0.370 e. The van der Waals surface area contributed by atoms with Crippen LogP contribution < -0.4 is 17.2 Å². The van der Waals surface area contributed by atoms with Gasteiger partial charge in [-0.1, -0.05) is 0 Å². The van der Waals surface area contributed by atoms with E-state index in [-0.39, 0.29) is 18.4 Å². The third-order valence-electron chi connectivity index (χ3n) is 2.46. The Hall–Kier alpha value is -1.30. The lowest BCUT2D eigenvalue weighted by atomic mass is 10.1. The predicted octanol–water partition coefficient (Wildman–Crippen LogP) is -1.40. The van der Waals surface area contributed by atoms with Gasteiger partial charge in [0, 0.05) is 13.1 Å². The highest BCUT2D eigenvalue weighted by molar-refractivity contribution is 5.82. The van der Waals surface area contributed by atoms with E-state index < -0.39 is 6.04 Å². The number of hydrogen-bond acceptors (Lipinski definition) is 3. The van der Waals surface area contributed by atoms with E-state index in [1.54, 1.807) is 4.90 Å². The Balaban J connectivity index is 2.40. The van der Waals surface area contributed by atoms with E-state index in [9.17, 15) is 4.79 Å². The number of piperidine rings is 1. The molecule has 0 aromatic heterocycles. The number of nitrogens with zero attached hydrogens (tertiary/aromatic N) is 2. The molecule has 0 aromatic carbocycles. The third-order valence-corrected chi connectivity index (χ3v) is 2.46. The number of likely N-dealkylation sites (tertiary alicyclic amines) is 1. The molecule has 1 aliphatic heterocycles. The number of guanidine groups is 1. The molecule has 6 N–H and O–H groups in total. The molecule has 15 heavy (non-hydrogen) atoms. The van der Waals surface area contributed by atoms with Crippen molar-refractivity contribution < 1.29 is 4.79 Å². The van der Waals surface area contributed by atoms with E-state index in [1.165, 1.54) is 6.42 Å². The molecule has 6 nitrogen and oxygen atoms in total. The smallest absolute Gasteiger partial charge is 0.241 e. The van der Waals surface area contributed by atoms with Crippen LogP contribution in [0.2, 0.25) is 0 Å². The predicted molar refractivity (Wildman–Crippen MR) is 59.1 cm³/mol. The zero-order valence-electron chi connectivity index (χ0n) is 8.85. The van der Waals surface area contributed by atoms with Gasteiger partial charge < -0.3 is 22.1 Å². The normalized spacial score (nSPS) is 18.3. The fourth-order valence-corrected chi connectivity index (χ4v) is 1.63. The van der Waals surface area contributed by atoms with Crippen molar-refractivity contribution in [2.24, 2.45) is 22.2 Å².